The lowest BCUT2D eigenvalue weighted by molar-refractivity contribution is 0.503. The summed E-state index contributed by atoms with van der Waals surface area (Å²) in [6.07, 6.45) is 3.88. The summed E-state index contributed by atoms with van der Waals surface area (Å²) in [5, 5.41) is 6.71. The highest BCUT2D eigenvalue weighted by Gasteiger charge is 2.06. The summed E-state index contributed by atoms with van der Waals surface area (Å²) in [6, 6.07) is 6.51. The summed E-state index contributed by atoms with van der Waals surface area (Å²) in [7, 11) is 1.79. The average Bonchev–Trinajstić information content (AvgIpc) is 2.95. The zero-order chi connectivity index (χ0) is 17.5. The highest BCUT2D eigenvalue weighted by atomic mass is 15.2. The third-order valence-electron chi connectivity index (χ3n) is 3.95. The van der Waals surface area contributed by atoms with E-state index in [1.807, 2.05) is 12.4 Å². The maximum Gasteiger partial charge on any atom is 0.191 e. The van der Waals surface area contributed by atoms with Crippen LogP contribution in [0.15, 0.2) is 35.6 Å². The monoisotopic (exact) mass is 327 g/mol. The van der Waals surface area contributed by atoms with E-state index in [9.17, 15) is 0 Å². The van der Waals surface area contributed by atoms with Crippen LogP contribution in [0, 0.1) is 19.8 Å². The Bertz CT molecular complexity index is 685. The van der Waals surface area contributed by atoms with Crippen molar-refractivity contribution in [2.75, 3.05) is 7.05 Å². The largest absolute Gasteiger partial charge is 0.352 e. The summed E-state index contributed by atoms with van der Waals surface area (Å²) in [5.74, 6) is 2.41. The predicted molar refractivity (Wildman–Crippen MR) is 100 cm³/mol. The van der Waals surface area contributed by atoms with Crippen molar-refractivity contribution in [3.8, 4) is 0 Å². The summed E-state index contributed by atoms with van der Waals surface area (Å²) >= 11 is 0. The molecule has 0 bridgehead atoms. The number of nitrogens with zero attached hydrogens (tertiary/aromatic N) is 3. The van der Waals surface area contributed by atoms with Crippen LogP contribution >= 0.6 is 0 Å². The van der Waals surface area contributed by atoms with Crippen molar-refractivity contribution in [1.29, 1.82) is 0 Å². The molecule has 2 rings (SSSR count). The fourth-order valence-electron chi connectivity index (χ4n) is 2.67. The summed E-state index contributed by atoms with van der Waals surface area (Å²) in [5.41, 5.74) is 3.87. The van der Waals surface area contributed by atoms with E-state index in [1.54, 1.807) is 7.05 Å². The van der Waals surface area contributed by atoms with Crippen molar-refractivity contribution < 1.29 is 0 Å². The van der Waals surface area contributed by atoms with Gasteiger partial charge in [-0.2, -0.15) is 0 Å². The summed E-state index contributed by atoms with van der Waals surface area (Å²) in [6.45, 7) is 11.1. The Morgan fingerprint density at radius 1 is 1.21 bits per heavy atom. The first-order chi connectivity index (χ1) is 11.5. The molecule has 0 unspecified atom stereocenters. The third kappa shape index (κ3) is 5.11. The van der Waals surface area contributed by atoms with Crippen molar-refractivity contribution in [2.24, 2.45) is 10.9 Å². The van der Waals surface area contributed by atoms with E-state index in [-0.39, 0.29) is 0 Å². The van der Waals surface area contributed by atoms with Crippen molar-refractivity contribution in [3.63, 3.8) is 0 Å². The second kappa shape index (κ2) is 8.52. The van der Waals surface area contributed by atoms with Gasteiger partial charge in [0.15, 0.2) is 5.96 Å². The molecule has 0 saturated heterocycles. The van der Waals surface area contributed by atoms with E-state index in [1.165, 1.54) is 16.7 Å². The maximum atomic E-state index is 4.44. The Kier molecular flexibility index (Phi) is 6.41. The minimum atomic E-state index is 0.597. The Balaban J connectivity index is 1.90. The number of rotatable bonds is 6. The van der Waals surface area contributed by atoms with Crippen LogP contribution in [0.25, 0.3) is 0 Å². The molecule has 0 aliphatic carbocycles. The highest BCUT2D eigenvalue weighted by molar-refractivity contribution is 5.79. The van der Waals surface area contributed by atoms with E-state index in [2.05, 4.69) is 71.1 Å². The van der Waals surface area contributed by atoms with Gasteiger partial charge >= 0.3 is 0 Å². The van der Waals surface area contributed by atoms with Crippen molar-refractivity contribution in [2.45, 2.75) is 47.3 Å². The molecule has 130 valence electrons. The fraction of sp³-hybridized carbons (Fsp3) is 0.474. The minimum absolute atomic E-state index is 0.597. The lowest BCUT2D eigenvalue weighted by atomic mass is 10.1. The fourth-order valence-corrected chi connectivity index (χ4v) is 2.67. The lowest BCUT2D eigenvalue weighted by Gasteiger charge is -2.15. The van der Waals surface area contributed by atoms with Crippen LogP contribution in [0.3, 0.4) is 0 Å². The van der Waals surface area contributed by atoms with Crippen LogP contribution in [0.4, 0.5) is 0 Å². The smallest absolute Gasteiger partial charge is 0.191 e. The normalized spacial score (nSPS) is 11.8. The van der Waals surface area contributed by atoms with Gasteiger partial charge in [-0.3, -0.25) is 4.99 Å². The number of hydrogen-bond donors (Lipinski definition) is 2. The third-order valence-corrected chi connectivity index (χ3v) is 3.95. The molecular formula is C19H29N5. The van der Waals surface area contributed by atoms with Crippen LogP contribution in [0.2, 0.25) is 0 Å². The molecule has 0 amide bonds. The number of imidazole rings is 1. The molecule has 0 atom stereocenters. The molecule has 0 fully saturated rings. The number of nitrogens with one attached hydrogen (secondary N) is 2. The highest BCUT2D eigenvalue weighted by Crippen LogP contribution is 2.10. The number of hydrogen-bond acceptors (Lipinski definition) is 2. The number of aliphatic imine (C=N–C) groups is 1. The quantitative estimate of drug-likeness (QED) is 0.633. The molecule has 2 N–H and O–H groups in total. The second-order valence-electron chi connectivity index (χ2n) is 6.60. The molecule has 0 aliphatic rings. The molecule has 0 radical (unpaired) electrons. The Hall–Kier alpha value is -2.30. The Labute approximate surface area is 145 Å². The average molecular weight is 327 g/mol. The molecule has 24 heavy (non-hydrogen) atoms. The van der Waals surface area contributed by atoms with E-state index in [4.69, 9.17) is 0 Å². The van der Waals surface area contributed by atoms with Gasteiger partial charge in [-0.1, -0.05) is 37.6 Å². The Morgan fingerprint density at radius 3 is 2.62 bits per heavy atom. The molecule has 5 heteroatoms. The molecule has 1 aromatic heterocycles. The number of benzene rings is 1. The van der Waals surface area contributed by atoms with Crippen LogP contribution in [0.1, 0.15) is 36.4 Å². The lowest BCUT2D eigenvalue weighted by Crippen LogP contribution is -2.37. The van der Waals surface area contributed by atoms with Gasteiger partial charge in [0.2, 0.25) is 0 Å². The van der Waals surface area contributed by atoms with Gasteiger partial charge < -0.3 is 15.2 Å². The SMILES string of the molecule is CN=C(NCc1ccc(C)cc1C)NCc1nccn1CC(C)C. The van der Waals surface area contributed by atoms with Gasteiger partial charge in [-0.25, -0.2) is 4.98 Å². The van der Waals surface area contributed by atoms with E-state index in [0.717, 1.165) is 24.9 Å². The van der Waals surface area contributed by atoms with Crippen LogP contribution < -0.4 is 10.6 Å². The van der Waals surface area contributed by atoms with Gasteiger partial charge in [0.1, 0.15) is 5.82 Å². The zero-order valence-corrected chi connectivity index (χ0v) is 15.4. The van der Waals surface area contributed by atoms with Crippen LogP contribution in [0.5, 0.6) is 0 Å². The molecule has 1 heterocycles. The first-order valence-corrected chi connectivity index (χ1v) is 8.50. The first-order valence-electron chi connectivity index (χ1n) is 8.50. The second-order valence-corrected chi connectivity index (χ2v) is 6.60. The van der Waals surface area contributed by atoms with E-state index >= 15 is 0 Å². The topological polar surface area (TPSA) is 54.2 Å². The number of guanidine groups is 1. The number of aromatic nitrogens is 2. The molecule has 0 aliphatic heterocycles. The first kappa shape index (κ1) is 18.0. The number of aryl methyl sites for hydroxylation is 2. The van der Waals surface area contributed by atoms with Gasteiger partial charge in [-0.05, 0) is 30.9 Å². The minimum Gasteiger partial charge on any atom is -0.352 e. The molecule has 5 nitrogen and oxygen atoms in total. The molecule has 1 aromatic carbocycles. The van der Waals surface area contributed by atoms with Crippen molar-refractivity contribution in [1.82, 2.24) is 20.2 Å². The maximum absolute atomic E-state index is 4.44. The van der Waals surface area contributed by atoms with Crippen molar-refractivity contribution in [3.05, 3.63) is 53.1 Å². The predicted octanol–water partition coefficient (Wildman–Crippen LogP) is 3.02. The molecule has 2 aromatic rings. The van der Waals surface area contributed by atoms with E-state index in [0.29, 0.717) is 12.5 Å². The summed E-state index contributed by atoms with van der Waals surface area (Å²) < 4.78 is 2.19. The van der Waals surface area contributed by atoms with Gasteiger partial charge in [-0.15, -0.1) is 0 Å². The molecule has 0 spiro atoms. The van der Waals surface area contributed by atoms with Gasteiger partial charge in [0, 0.05) is 32.5 Å². The Morgan fingerprint density at radius 2 is 1.96 bits per heavy atom. The van der Waals surface area contributed by atoms with Crippen LogP contribution in [-0.2, 0) is 19.6 Å². The van der Waals surface area contributed by atoms with Gasteiger partial charge in [0.05, 0.1) is 6.54 Å². The molecule has 0 saturated carbocycles. The van der Waals surface area contributed by atoms with Crippen molar-refractivity contribution >= 4 is 5.96 Å². The standard InChI is InChI=1S/C19H29N5/c1-14(2)13-24-9-8-21-18(24)12-23-19(20-5)22-11-17-7-6-15(3)10-16(17)4/h6-10,14H,11-13H2,1-5H3,(H2,20,22,23). The molecular weight excluding hydrogens is 298 g/mol. The van der Waals surface area contributed by atoms with E-state index < -0.39 is 0 Å². The van der Waals surface area contributed by atoms with Crippen LogP contribution in [-0.4, -0.2) is 22.6 Å². The summed E-state index contributed by atoms with van der Waals surface area (Å²) in [4.78, 5) is 8.73. The zero-order valence-electron chi connectivity index (χ0n) is 15.4. The van der Waals surface area contributed by atoms with Gasteiger partial charge in [0.25, 0.3) is 0 Å².